The number of anilines is 1. The SMILES string of the molecule is CCn1cnnc1SCC(=O)Nc1sc2c(c1C#N)C=C(C=Cc1ccc(C)o1)CC2(C)C. The molecule has 3 heterocycles. The molecule has 9 heteroatoms. The van der Waals surface area contributed by atoms with Crippen LogP contribution >= 0.6 is 23.1 Å². The molecule has 33 heavy (non-hydrogen) atoms. The third kappa shape index (κ3) is 4.97. The molecule has 7 nitrogen and oxygen atoms in total. The fourth-order valence-corrected chi connectivity index (χ4v) is 5.84. The number of carbonyl (C=O) groups is 1. The van der Waals surface area contributed by atoms with Crippen LogP contribution in [0.2, 0.25) is 0 Å². The van der Waals surface area contributed by atoms with E-state index < -0.39 is 0 Å². The van der Waals surface area contributed by atoms with Gasteiger partial charge in [-0.2, -0.15) is 5.26 Å². The van der Waals surface area contributed by atoms with Crippen molar-refractivity contribution >= 4 is 46.2 Å². The summed E-state index contributed by atoms with van der Waals surface area (Å²) >= 11 is 2.82. The van der Waals surface area contributed by atoms with E-state index in [2.05, 4.69) is 41.5 Å². The highest BCUT2D eigenvalue weighted by Crippen LogP contribution is 2.47. The number of furan rings is 1. The second-order valence-corrected chi connectivity index (χ2v) is 10.4. The summed E-state index contributed by atoms with van der Waals surface area (Å²) in [6, 6.07) is 6.18. The van der Waals surface area contributed by atoms with Gasteiger partial charge in [-0.1, -0.05) is 31.7 Å². The topological polar surface area (TPSA) is 96.7 Å². The van der Waals surface area contributed by atoms with Gasteiger partial charge in [-0.15, -0.1) is 21.5 Å². The zero-order chi connectivity index (χ0) is 23.6. The molecule has 0 saturated carbocycles. The highest BCUT2D eigenvalue weighted by Gasteiger charge is 2.33. The van der Waals surface area contributed by atoms with Crippen LogP contribution in [0.4, 0.5) is 5.00 Å². The monoisotopic (exact) mass is 479 g/mol. The van der Waals surface area contributed by atoms with Crippen molar-refractivity contribution < 1.29 is 9.21 Å². The molecule has 1 aliphatic carbocycles. The Morgan fingerprint density at radius 1 is 1.42 bits per heavy atom. The number of allylic oxidation sites excluding steroid dienone is 2. The lowest BCUT2D eigenvalue weighted by molar-refractivity contribution is -0.113. The van der Waals surface area contributed by atoms with Crippen LogP contribution < -0.4 is 5.32 Å². The van der Waals surface area contributed by atoms with Gasteiger partial charge in [0.1, 0.15) is 28.9 Å². The fourth-order valence-electron chi connectivity index (χ4n) is 3.82. The Morgan fingerprint density at radius 2 is 2.24 bits per heavy atom. The molecule has 0 spiro atoms. The lowest BCUT2D eigenvalue weighted by Gasteiger charge is -2.29. The summed E-state index contributed by atoms with van der Waals surface area (Å²) in [5.41, 5.74) is 2.36. The lowest BCUT2D eigenvalue weighted by Crippen LogP contribution is -2.20. The van der Waals surface area contributed by atoms with Gasteiger partial charge in [-0.05, 0) is 50.1 Å². The Labute approximate surface area is 201 Å². The Bertz CT molecular complexity index is 1290. The van der Waals surface area contributed by atoms with Gasteiger partial charge in [0.2, 0.25) is 5.91 Å². The number of fused-ring (bicyclic) bond motifs is 1. The minimum Gasteiger partial charge on any atom is -0.462 e. The van der Waals surface area contributed by atoms with Crippen molar-refractivity contribution in [2.45, 2.75) is 51.2 Å². The molecule has 0 aliphatic heterocycles. The normalized spacial score (nSPS) is 14.7. The van der Waals surface area contributed by atoms with Crippen LogP contribution in [0.5, 0.6) is 0 Å². The summed E-state index contributed by atoms with van der Waals surface area (Å²) in [5.74, 6) is 1.69. The maximum Gasteiger partial charge on any atom is 0.235 e. The zero-order valence-corrected chi connectivity index (χ0v) is 20.6. The van der Waals surface area contributed by atoms with Crippen molar-refractivity contribution in [2.24, 2.45) is 0 Å². The van der Waals surface area contributed by atoms with E-state index in [0.717, 1.165) is 40.5 Å². The molecule has 1 amide bonds. The summed E-state index contributed by atoms with van der Waals surface area (Å²) < 4.78 is 7.51. The number of thioether (sulfide) groups is 1. The highest BCUT2D eigenvalue weighted by molar-refractivity contribution is 7.99. The van der Waals surface area contributed by atoms with Crippen LogP contribution in [0, 0.1) is 18.3 Å². The van der Waals surface area contributed by atoms with Gasteiger partial charge in [-0.3, -0.25) is 4.79 Å². The summed E-state index contributed by atoms with van der Waals surface area (Å²) in [7, 11) is 0. The van der Waals surface area contributed by atoms with Gasteiger partial charge in [-0.25, -0.2) is 0 Å². The van der Waals surface area contributed by atoms with Crippen LogP contribution in [0.25, 0.3) is 12.2 Å². The summed E-state index contributed by atoms with van der Waals surface area (Å²) in [4.78, 5) is 13.8. The van der Waals surface area contributed by atoms with Crippen LogP contribution in [0.15, 0.2) is 39.7 Å². The molecule has 1 aliphatic rings. The number of hydrogen-bond donors (Lipinski definition) is 1. The Morgan fingerprint density at radius 3 is 2.94 bits per heavy atom. The Balaban J connectivity index is 1.55. The van der Waals surface area contributed by atoms with Crippen LogP contribution in [0.3, 0.4) is 0 Å². The third-order valence-corrected chi connectivity index (χ3v) is 7.84. The minimum atomic E-state index is -0.171. The number of nitrogens with zero attached hydrogens (tertiary/aromatic N) is 4. The second kappa shape index (κ2) is 9.41. The fraction of sp³-hybridized carbons (Fsp3) is 0.333. The predicted molar refractivity (Wildman–Crippen MR) is 132 cm³/mol. The van der Waals surface area contributed by atoms with Gasteiger partial charge in [0.15, 0.2) is 5.16 Å². The number of aromatic nitrogens is 3. The smallest absolute Gasteiger partial charge is 0.235 e. The average molecular weight is 480 g/mol. The van der Waals surface area contributed by atoms with E-state index >= 15 is 0 Å². The summed E-state index contributed by atoms with van der Waals surface area (Å²) in [6.07, 6.45) is 8.52. The molecule has 1 N–H and O–H groups in total. The van der Waals surface area contributed by atoms with E-state index in [1.807, 2.05) is 42.7 Å². The third-order valence-electron chi connectivity index (χ3n) is 5.38. The number of nitriles is 1. The van der Waals surface area contributed by atoms with Crippen molar-refractivity contribution in [2.75, 3.05) is 11.1 Å². The predicted octanol–water partition coefficient (Wildman–Crippen LogP) is 5.64. The highest BCUT2D eigenvalue weighted by atomic mass is 32.2. The van der Waals surface area contributed by atoms with Crippen molar-refractivity contribution in [3.8, 4) is 6.07 Å². The van der Waals surface area contributed by atoms with Crippen LogP contribution in [-0.4, -0.2) is 26.4 Å². The molecule has 0 atom stereocenters. The van der Waals surface area contributed by atoms with Crippen molar-refractivity contribution in [3.05, 3.63) is 57.6 Å². The molecular weight excluding hydrogens is 454 g/mol. The van der Waals surface area contributed by atoms with Gasteiger partial charge in [0.25, 0.3) is 0 Å². The van der Waals surface area contributed by atoms with Gasteiger partial charge in [0.05, 0.1) is 11.3 Å². The molecule has 0 aromatic carbocycles. The molecule has 0 radical (unpaired) electrons. The first-order chi connectivity index (χ1) is 15.8. The number of amides is 1. The molecule has 0 saturated heterocycles. The van der Waals surface area contributed by atoms with Crippen LogP contribution in [0.1, 0.15) is 54.7 Å². The molecular formula is C24H25N5O2S2. The number of rotatable bonds is 7. The molecule has 0 fully saturated rings. The van der Waals surface area contributed by atoms with Gasteiger partial charge in [0, 0.05) is 22.4 Å². The maximum atomic E-state index is 12.6. The van der Waals surface area contributed by atoms with Gasteiger partial charge >= 0.3 is 0 Å². The Hall–Kier alpha value is -3.09. The van der Waals surface area contributed by atoms with E-state index in [1.54, 1.807) is 6.33 Å². The number of aryl methyl sites for hydroxylation is 2. The molecule has 0 bridgehead atoms. The van der Waals surface area contributed by atoms with E-state index in [1.165, 1.54) is 23.1 Å². The standard InChI is InChI=1S/C24H25N5O2S2/c1-5-29-14-26-28-23(29)32-13-20(30)27-22-19(12-25)18-10-16(11-24(3,4)21(18)33-22)7-9-17-8-6-15(2)31-17/h6-10,14H,5,11,13H2,1-4H3,(H,27,30). The van der Waals surface area contributed by atoms with Crippen molar-refractivity contribution in [3.63, 3.8) is 0 Å². The lowest BCUT2D eigenvalue weighted by atomic mass is 9.77. The number of hydrogen-bond acceptors (Lipinski definition) is 7. The Kier molecular flexibility index (Phi) is 6.58. The molecule has 170 valence electrons. The van der Waals surface area contributed by atoms with E-state index in [-0.39, 0.29) is 17.1 Å². The first-order valence-corrected chi connectivity index (χ1v) is 12.4. The summed E-state index contributed by atoms with van der Waals surface area (Å²) in [5, 5.41) is 22.1. The molecule has 0 unspecified atom stereocenters. The quantitative estimate of drug-likeness (QED) is 0.440. The van der Waals surface area contributed by atoms with Crippen LogP contribution in [-0.2, 0) is 16.8 Å². The number of carbonyl (C=O) groups excluding carboxylic acids is 1. The molecule has 3 aromatic rings. The first kappa shape index (κ1) is 23.1. The van der Waals surface area contributed by atoms with Crippen molar-refractivity contribution in [1.29, 1.82) is 5.26 Å². The summed E-state index contributed by atoms with van der Waals surface area (Å²) in [6.45, 7) is 8.99. The zero-order valence-electron chi connectivity index (χ0n) is 19.0. The number of nitrogens with one attached hydrogen (secondary N) is 1. The van der Waals surface area contributed by atoms with E-state index in [4.69, 9.17) is 4.42 Å². The second-order valence-electron chi connectivity index (χ2n) is 8.46. The largest absolute Gasteiger partial charge is 0.462 e. The maximum absolute atomic E-state index is 12.6. The first-order valence-electron chi connectivity index (χ1n) is 10.6. The average Bonchev–Trinajstić information content (AvgIpc) is 3.48. The minimum absolute atomic E-state index is 0.158. The molecule has 4 rings (SSSR count). The number of thiophene rings is 1. The van der Waals surface area contributed by atoms with Gasteiger partial charge < -0.3 is 14.3 Å². The van der Waals surface area contributed by atoms with Crippen molar-refractivity contribution in [1.82, 2.24) is 14.8 Å². The van der Waals surface area contributed by atoms with E-state index in [9.17, 15) is 10.1 Å². The molecule has 3 aromatic heterocycles. The van der Waals surface area contributed by atoms with E-state index in [0.29, 0.717) is 15.7 Å².